The van der Waals surface area contributed by atoms with Crippen LogP contribution >= 0.6 is 0 Å². The van der Waals surface area contributed by atoms with Gasteiger partial charge in [0.25, 0.3) is 5.89 Å². The minimum atomic E-state index is -0.119. The Morgan fingerprint density at radius 2 is 2.11 bits per heavy atom. The number of nitrogens with one attached hydrogen (secondary N) is 1. The zero-order chi connectivity index (χ0) is 19.5. The van der Waals surface area contributed by atoms with E-state index in [9.17, 15) is 4.79 Å². The number of ether oxygens (including phenoxy) is 1. The van der Waals surface area contributed by atoms with Crippen molar-refractivity contribution in [2.75, 3.05) is 6.61 Å². The number of benzene rings is 1. The summed E-state index contributed by atoms with van der Waals surface area (Å²) in [5.41, 5.74) is 3.70. The zero-order valence-corrected chi connectivity index (χ0v) is 16.0. The van der Waals surface area contributed by atoms with Crippen molar-refractivity contribution < 1.29 is 14.1 Å². The first-order valence-electron chi connectivity index (χ1n) is 9.43. The normalized spacial score (nSPS) is 16.4. The molecule has 1 saturated heterocycles. The molecule has 0 bridgehead atoms. The van der Waals surface area contributed by atoms with Crippen LogP contribution in [0.25, 0.3) is 5.69 Å². The summed E-state index contributed by atoms with van der Waals surface area (Å²) in [5, 5.41) is 11.4. The molecule has 4 rings (SSSR count). The average Bonchev–Trinajstić information content (AvgIpc) is 3.44. The van der Waals surface area contributed by atoms with Crippen LogP contribution in [-0.2, 0) is 22.5 Å². The van der Waals surface area contributed by atoms with Crippen molar-refractivity contribution in [1.29, 1.82) is 0 Å². The second-order valence-electron chi connectivity index (χ2n) is 6.90. The molecule has 0 saturated carbocycles. The molecule has 146 valence electrons. The molecule has 28 heavy (non-hydrogen) atoms. The molecule has 1 fully saturated rings. The van der Waals surface area contributed by atoms with E-state index in [0.29, 0.717) is 18.3 Å². The van der Waals surface area contributed by atoms with E-state index < -0.39 is 0 Å². The number of carbonyl (C=O) groups excluding carboxylic acids is 1. The van der Waals surface area contributed by atoms with Gasteiger partial charge >= 0.3 is 0 Å². The van der Waals surface area contributed by atoms with Crippen LogP contribution < -0.4 is 5.32 Å². The van der Waals surface area contributed by atoms with Crippen molar-refractivity contribution >= 4 is 5.91 Å². The molecule has 0 aliphatic carbocycles. The van der Waals surface area contributed by atoms with Gasteiger partial charge in [-0.1, -0.05) is 23.4 Å². The largest absolute Gasteiger partial charge is 0.368 e. The van der Waals surface area contributed by atoms with Gasteiger partial charge < -0.3 is 14.6 Å². The van der Waals surface area contributed by atoms with Crippen LogP contribution in [0.4, 0.5) is 0 Å². The van der Waals surface area contributed by atoms with E-state index >= 15 is 0 Å². The summed E-state index contributed by atoms with van der Waals surface area (Å²) in [5.74, 6) is 0.826. The molecule has 0 unspecified atom stereocenters. The minimum absolute atomic E-state index is 0.109. The Hall–Kier alpha value is -3.00. The fourth-order valence-corrected chi connectivity index (χ4v) is 3.39. The third kappa shape index (κ3) is 3.82. The molecule has 3 aromatic rings. The highest BCUT2D eigenvalue weighted by molar-refractivity contribution is 5.79. The highest BCUT2D eigenvalue weighted by atomic mass is 16.5. The van der Waals surface area contributed by atoms with Gasteiger partial charge in [0.2, 0.25) is 5.91 Å². The number of para-hydroxylation sites is 1. The molecular weight excluding hydrogens is 358 g/mol. The third-order valence-electron chi connectivity index (χ3n) is 4.91. The van der Waals surface area contributed by atoms with Gasteiger partial charge in [-0.3, -0.25) is 4.79 Å². The van der Waals surface area contributed by atoms with Crippen molar-refractivity contribution in [2.45, 2.75) is 45.8 Å². The lowest BCUT2D eigenvalue weighted by molar-refractivity contribution is -0.120. The maximum atomic E-state index is 12.4. The first-order chi connectivity index (χ1) is 13.6. The lowest BCUT2D eigenvalue weighted by Crippen LogP contribution is -2.25. The Kier molecular flexibility index (Phi) is 5.21. The van der Waals surface area contributed by atoms with E-state index in [4.69, 9.17) is 9.26 Å². The summed E-state index contributed by atoms with van der Waals surface area (Å²) < 4.78 is 12.6. The number of carbonyl (C=O) groups is 1. The second kappa shape index (κ2) is 7.93. The van der Waals surface area contributed by atoms with Crippen LogP contribution in [-0.4, -0.2) is 32.4 Å². The van der Waals surface area contributed by atoms with Crippen molar-refractivity contribution in [3.05, 3.63) is 59.0 Å². The van der Waals surface area contributed by atoms with Gasteiger partial charge in [0.1, 0.15) is 6.10 Å². The Labute approximate surface area is 162 Å². The number of hydrogen-bond acceptors (Lipinski definition) is 6. The van der Waals surface area contributed by atoms with Gasteiger partial charge in [0.15, 0.2) is 5.82 Å². The Bertz CT molecular complexity index is 958. The molecule has 1 aliphatic heterocycles. The molecule has 1 N–H and O–H groups in total. The van der Waals surface area contributed by atoms with Crippen LogP contribution in [0.5, 0.6) is 0 Å². The minimum Gasteiger partial charge on any atom is -0.368 e. The van der Waals surface area contributed by atoms with Gasteiger partial charge in [-0.05, 0) is 38.8 Å². The number of nitrogens with zero attached hydrogens (tertiary/aromatic N) is 4. The van der Waals surface area contributed by atoms with Crippen molar-refractivity contribution in [2.24, 2.45) is 0 Å². The summed E-state index contributed by atoms with van der Waals surface area (Å²) >= 11 is 0. The maximum Gasteiger partial charge on any atom is 0.255 e. The smallest absolute Gasteiger partial charge is 0.255 e. The predicted molar refractivity (Wildman–Crippen MR) is 101 cm³/mol. The number of amides is 1. The average molecular weight is 381 g/mol. The molecule has 8 nitrogen and oxygen atoms in total. The van der Waals surface area contributed by atoms with E-state index in [0.717, 1.165) is 35.5 Å². The molecule has 2 aromatic heterocycles. The van der Waals surface area contributed by atoms with E-state index in [2.05, 4.69) is 20.6 Å². The molecule has 3 heterocycles. The molecule has 1 atom stereocenters. The van der Waals surface area contributed by atoms with E-state index in [1.54, 1.807) is 0 Å². The van der Waals surface area contributed by atoms with Crippen molar-refractivity contribution in [3.8, 4) is 5.69 Å². The summed E-state index contributed by atoms with van der Waals surface area (Å²) in [6, 6.07) is 9.88. The zero-order valence-electron chi connectivity index (χ0n) is 16.0. The second-order valence-corrected chi connectivity index (χ2v) is 6.90. The Balaban J connectivity index is 1.38. The van der Waals surface area contributed by atoms with Crippen LogP contribution in [0.3, 0.4) is 0 Å². The topological polar surface area (TPSA) is 95.1 Å². The third-order valence-corrected chi connectivity index (χ3v) is 4.91. The molecular formula is C20H23N5O3. The molecule has 1 aromatic carbocycles. The van der Waals surface area contributed by atoms with Crippen LogP contribution in [0.15, 0.2) is 34.9 Å². The van der Waals surface area contributed by atoms with E-state index in [1.165, 1.54) is 0 Å². The van der Waals surface area contributed by atoms with Gasteiger partial charge in [-0.15, -0.1) is 0 Å². The van der Waals surface area contributed by atoms with Gasteiger partial charge in [0, 0.05) is 17.9 Å². The lowest BCUT2D eigenvalue weighted by atomic mass is 10.1. The number of aryl methyl sites for hydroxylation is 1. The summed E-state index contributed by atoms with van der Waals surface area (Å²) in [6.07, 6.45) is 2.01. The lowest BCUT2D eigenvalue weighted by Gasteiger charge is -2.06. The standard InChI is InChI=1S/C20H23N5O3/c1-13-16(14(2)25(23-13)15-7-4-3-5-8-15)11-19(26)21-12-18-22-20(28-24-18)17-9-6-10-27-17/h3-5,7-8,17H,6,9-12H2,1-2H3,(H,21,26)/t17-/m0/s1. The van der Waals surface area contributed by atoms with E-state index in [1.807, 2.05) is 48.9 Å². The Morgan fingerprint density at radius 3 is 2.86 bits per heavy atom. The van der Waals surface area contributed by atoms with Crippen LogP contribution in [0.1, 0.15) is 47.6 Å². The SMILES string of the molecule is Cc1nn(-c2ccccc2)c(C)c1CC(=O)NCc1noc([C@@H]2CCCO2)n1. The summed E-state index contributed by atoms with van der Waals surface area (Å²) in [7, 11) is 0. The number of hydrogen-bond donors (Lipinski definition) is 1. The molecule has 0 spiro atoms. The molecule has 1 aliphatic rings. The highest BCUT2D eigenvalue weighted by Gasteiger charge is 2.24. The molecule has 0 radical (unpaired) electrons. The first kappa shape index (κ1) is 18.4. The fraction of sp³-hybridized carbons (Fsp3) is 0.400. The Morgan fingerprint density at radius 1 is 1.29 bits per heavy atom. The summed E-state index contributed by atoms with van der Waals surface area (Å²) in [4.78, 5) is 16.8. The van der Waals surface area contributed by atoms with Gasteiger partial charge in [0.05, 0.1) is 24.3 Å². The van der Waals surface area contributed by atoms with Crippen molar-refractivity contribution in [1.82, 2.24) is 25.2 Å². The monoisotopic (exact) mass is 381 g/mol. The molecule has 8 heteroatoms. The summed E-state index contributed by atoms with van der Waals surface area (Å²) in [6.45, 7) is 4.83. The van der Waals surface area contributed by atoms with E-state index in [-0.39, 0.29) is 25.0 Å². The fourth-order valence-electron chi connectivity index (χ4n) is 3.39. The van der Waals surface area contributed by atoms with Crippen LogP contribution in [0, 0.1) is 13.8 Å². The first-order valence-corrected chi connectivity index (χ1v) is 9.43. The van der Waals surface area contributed by atoms with Gasteiger partial charge in [-0.25, -0.2) is 4.68 Å². The van der Waals surface area contributed by atoms with Crippen LogP contribution in [0.2, 0.25) is 0 Å². The molecule has 1 amide bonds. The number of aromatic nitrogens is 4. The highest BCUT2D eigenvalue weighted by Crippen LogP contribution is 2.26. The van der Waals surface area contributed by atoms with Gasteiger partial charge in [-0.2, -0.15) is 10.1 Å². The maximum absolute atomic E-state index is 12.4. The van der Waals surface area contributed by atoms with Crippen molar-refractivity contribution in [3.63, 3.8) is 0 Å². The quantitative estimate of drug-likeness (QED) is 0.705. The number of rotatable bonds is 6. The predicted octanol–water partition coefficient (Wildman–Crippen LogP) is 2.58.